The molecule has 2 aliphatic rings. The summed E-state index contributed by atoms with van der Waals surface area (Å²) in [7, 11) is 0. The van der Waals surface area contributed by atoms with E-state index in [0.29, 0.717) is 6.42 Å². The van der Waals surface area contributed by atoms with Crippen LogP contribution in [0.1, 0.15) is 33.1 Å². The Hall–Kier alpha value is -1.30. The van der Waals surface area contributed by atoms with Crippen molar-refractivity contribution in [2.45, 2.75) is 39.2 Å². The van der Waals surface area contributed by atoms with Crippen LogP contribution in [0, 0.1) is 5.41 Å². The van der Waals surface area contributed by atoms with Crippen molar-refractivity contribution in [1.29, 1.82) is 0 Å². The molecular weight excluding hydrogens is 244 g/mol. The molecular formula is C13H24N4O2. The molecule has 6 heteroatoms. The standard InChI is InChI=1S/C13H24N4O2/c1-3-13(2,11(14)15-19)12(18)17-8-6-16(7-9-17)10-4-5-10/h10,19H,3-9H2,1-2H3,(H2,14,15). The molecule has 0 radical (unpaired) electrons. The van der Waals surface area contributed by atoms with E-state index < -0.39 is 5.41 Å². The number of hydrogen-bond acceptors (Lipinski definition) is 4. The van der Waals surface area contributed by atoms with Crippen molar-refractivity contribution in [2.24, 2.45) is 16.3 Å². The van der Waals surface area contributed by atoms with Crippen LogP contribution >= 0.6 is 0 Å². The van der Waals surface area contributed by atoms with Crippen LogP contribution in [0.15, 0.2) is 5.16 Å². The zero-order chi connectivity index (χ0) is 14.0. The minimum Gasteiger partial charge on any atom is -0.409 e. The van der Waals surface area contributed by atoms with Gasteiger partial charge in [-0.25, -0.2) is 0 Å². The quantitative estimate of drug-likeness (QED) is 0.336. The minimum absolute atomic E-state index is 0.00428. The van der Waals surface area contributed by atoms with Crippen molar-refractivity contribution in [3.05, 3.63) is 0 Å². The Morgan fingerprint density at radius 1 is 1.37 bits per heavy atom. The maximum absolute atomic E-state index is 12.6. The van der Waals surface area contributed by atoms with Crippen molar-refractivity contribution in [1.82, 2.24) is 9.80 Å². The lowest BCUT2D eigenvalue weighted by molar-refractivity contribution is -0.139. The molecule has 1 atom stereocenters. The van der Waals surface area contributed by atoms with Crippen LogP contribution in [0.5, 0.6) is 0 Å². The van der Waals surface area contributed by atoms with Gasteiger partial charge in [-0.15, -0.1) is 0 Å². The summed E-state index contributed by atoms with van der Waals surface area (Å²) >= 11 is 0. The van der Waals surface area contributed by atoms with E-state index in [-0.39, 0.29) is 11.7 Å². The van der Waals surface area contributed by atoms with Gasteiger partial charge in [-0.1, -0.05) is 12.1 Å². The lowest BCUT2D eigenvalue weighted by atomic mass is 9.84. The summed E-state index contributed by atoms with van der Waals surface area (Å²) in [5.41, 5.74) is 4.80. The van der Waals surface area contributed by atoms with Gasteiger partial charge in [-0.3, -0.25) is 9.69 Å². The zero-order valence-corrected chi connectivity index (χ0v) is 11.8. The van der Waals surface area contributed by atoms with Gasteiger partial charge < -0.3 is 15.8 Å². The molecule has 108 valence electrons. The normalized spacial score (nSPS) is 25.2. The third kappa shape index (κ3) is 2.68. The van der Waals surface area contributed by atoms with Crippen molar-refractivity contribution >= 4 is 11.7 Å². The second kappa shape index (κ2) is 5.36. The van der Waals surface area contributed by atoms with Gasteiger partial charge >= 0.3 is 0 Å². The van der Waals surface area contributed by atoms with Gasteiger partial charge in [0.25, 0.3) is 0 Å². The number of hydrogen-bond donors (Lipinski definition) is 2. The van der Waals surface area contributed by atoms with Gasteiger partial charge in [0.05, 0.1) is 0 Å². The van der Waals surface area contributed by atoms with E-state index in [1.54, 1.807) is 6.92 Å². The molecule has 0 aromatic rings. The van der Waals surface area contributed by atoms with E-state index in [4.69, 9.17) is 10.9 Å². The highest BCUT2D eigenvalue weighted by atomic mass is 16.4. The SMILES string of the molecule is CCC(C)(C(=O)N1CCN(C2CC2)CC1)C(N)=NO. The summed E-state index contributed by atoms with van der Waals surface area (Å²) in [6, 6.07) is 0.749. The fourth-order valence-electron chi connectivity index (χ4n) is 2.63. The van der Waals surface area contributed by atoms with Crippen LogP contribution in [-0.2, 0) is 4.79 Å². The van der Waals surface area contributed by atoms with Crippen molar-refractivity contribution < 1.29 is 10.0 Å². The number of oxime groups is 1. The van der Waals surface area contributed by atoms with E-state index in [0.717, 1.165) is 32.2 Å². The maximum Gasteiger partial charge on any atom is 0.236 e. The number of rotatable bonds is 4. The van der Waals surface area contributed by atoms with Crippen LogP contribution in [0.4, 0.5) is 0 Å². The van der Waals surface area contributed by atoms with Crippen molar-refractivity contribution in [3.8, 4) is 0 Å². The van der Waals surface area contributed by atoms with Crippen LogP contribution in [0.25, 0.3) is 0 Å². The van der Waals surface area contributed by atoms with Gasteiger partial charge in [-0.05, 0) is 26.2 Å². The Kier molecular flexibility index (Phi) is 3.99. The van der Waals surface area contributed by atoms with E-state index >= 15 is 0 Å². The number of carbonyl (C=O) groups is 1. The predicted molar refractivity (Wildman–Crippen MR) is 73.0 cm³/mol. The van der Waals surface area contributed by atoms with Crippen molar-refractivity contribution in [3.63, 3.8) is 0 Å². The molecule has 1 saturated carbocycles. The Balaban J connectivity index is 1.99. The first-order chi connectivity index (χ1) is 9.02. The topological polar surface area (TPSA) is 82.2 Å². The van der Waals surface area contributed by atoms with Gasteiger partial charge in [0.1, 0.15) is 5.41 Å². The summed E-state index contributed by atoms with van der Waals surface area (Å²) in [4.78, 5) is 16.9. The molecule has 6 nitrogen and oxygen atoms in total. The molecule has 0 spiro atoms. The number of carbonyl (C=O) groups excluding carboxylic acids is 1. The molecule has 1 aliphatic heterocycles. The fourth-order valence-corrected chi connectivity index (χ4v) is 2.63. The monoisotopic (exact) mass is 268 g/mol. The first kappa shape index (κ1) is 14.1. The lowest BCUT2D eigenvalue weighted by Crippen LogP contribution is -2.55. The van der Waals surface area contributed by atoms with Crippen LogP contribution in [0.2, 0.25) is 0 Å². The van der Waals surface area contributed by atoms with E-state index in [1.807, 2.05) is 11.8 Å². The molecule has 0 bridgehead atoms. The third-order valence-corrected chi connectivity index (χ3v) is 4.52. The minimum atomic E-state index is -0.892. The van der Waals surface area contributed by atoms with Crippen LogP contribution < -0.4 is 5.73 Å². The molecule has 1 unspecified atom stereocenters. The predicted octanol–water partition coefficient (Wildman–Crippen LogP) is 0.456. The second-order valence-electron chi connectivity index (χ2n) is 5.73. The average molecular weight is 268 g/mol. The highest BCUT2D eigenvalue weighted by Gasteiger charge is 2.41. The van der Waals surface area contributed by atoms with E-state index in [1.165, 1.54) is 12.8 Å². The first-order valence-electron chi connectivity index (χ1n) is 7.04. The molecule has 1 amide bonds. The van der Waals surface area contributed by atoms with Crippen LogP contribution in [-0.4, -0.2) is 59.0 Å². The lowest BCUT2D eigenvalue weighted by Gasteiger charge is -2.39. The number of amides is 1. The van der Waals surface area contributed by atoms with Crippen LogP contribution in [0.3, 0.4) is 0 Å². The fraction of sp³-hybridized carbons (Fsp3) is 0.846. The molecule has 0 aromatic carbocycles. The molecule has 1 heterocycles. The Bertz CT molecular complexity index is 373. The highest BCUT2D eigenvalue weighted by Crippen LogP contribution is 2.29. The third-order valence-electron chi connectivity index (χ3n) is 4.52. The number of nitrogens with zero attached hydrogens (tertiary/aromatic N) is 3. The number of nitrogens with two attached hydrogens (primary N) is 1. The van der Waals surface area contributed by atoms with E-state index in [2.05, 4.69) is 10.1 Å². The summed E-state index contributed by atoms with van der Waals surface area (Å²) in [5.74, 6) is -0.0228. The molecule has 1 saturated heterocycles. The van der Waals surface area contributed by atoms with Crippen molar-refractivity contribution in [2.75, 3.05) is 26.2 Å². The van der Waals surface area contributed by atoms with Gasteiger partial charge in [0.2, 0.25) is 5.91 Å². The Labute approximate surface area is 114 Å². The Morgan fingerprint density at radius 2 is 1.95 bits per heavy atom. The molecule has 2 rings (SSSR count). The molecule has 19 heavy (non-hydrogen) atoms. The summed E-state index contributed by atoms with van der Waals surface area (Å²) < 4.78 is 0. The Morgan fingerprint density at radius 3 is 2.37 bits per heavy atom. The maximum atomic E-state index is 12.6. The summed E-state index contributed by atoms with van der Waals surface area (Å²) in [6.07, 6.45) is 3.13. The smallest absolute Gasteiger partial charge is 0.236 e. The molecule has 1 aliphatic carbocycles. The summed E-state index contributed by atoms with van der Waals surface area (Å²) in [6.45, 7) is 6.99. The number of amidine groups is 1. The van der Waals surface area contributed by atoms with Gasteiger partial charge in [0.15, 0.2) is 5.84 Å². The zero-order valence-electron chi connectivity index (χ0n) is 11.8. The molecule has 2 fully saturated rings. The largest absolute Gasteiger partial charge is 0.409 e. The number of piperazine rings is 1. The van der Waals surface area contributed by atoms with E-state index in [9.17, 15) is 4.79 Å². The first-order valence-corrected chi connectivity index (χ1v) is 7.04. The summed E-state index contributed by atoms with van der Waals surface area (Å²) in [5, 5.41) is 11.9. The second-order valence-corrected chi connectivity index (χ2v) is 5.73. The average Bonchev–Trinajstić information content (AvgIpc) is 3.29. The van der Waals surface area contributed by atoms with Gasteiger partial charge in [0, 0.05) is 32.2 Å². The molecule has 0 aromatic heterocycles. The van der Waals surface area contributed by atoms with Gasteiger partial charge in [-0.2, -0.15) is 0 Å². The molecule has 3 N–H and O–H groups in total. The highest BCUT2D eigenvalue weighted by molar-refractivity contribution is 6.06.